The zero-order chi connectivity index (χ0) is 17.5. The molecule has 1 aromatic heterocycles. The van der Waals surface area contributed by atoms with E-state index >= 15 is 0 Å². The minimum atomic E-state index is -0.946. The molecule has 1 aliphatic carbocycles. The number of fused-ring (bicyclic) bond motifs is 6. The first-order valence-electron chi connectivity index (χ1n) is 8.33. The van der Waals surface area contributed by atoms with E-state index < -0.39 is 5.60 Å². The Balaban J connectivity index is 1.44. The summed E-state index contributed by atoms with van der Waals surface area (Å²) in [5.74, 6) is 1.18. The molecule has 1 N–H and O–H groups in total. The fourth-order valence-electron chi connectivity index (χ4n) is 3.57. The molecule has 0 bridgehead atoms. The predicted octanol–water partition coefficient (Wildman–Crippen LogP) is 1.86. The van der Waals surface area contributed by atoms with E-state index in [1.807, 2.05) is 29.4 Å². The summed E-state index contributed by atoms with van der Waals surface area (Å²) in [6.45, 7) is 0.528. The number of hydrogen-bond donors (Lipinski definition) is 1. The molecule has 1 aromatic carbocycles. The quantitative estimate of drug-likeness (QED) is 0.801. The molecule has 10 heteroatoms. The smallest absolute Gasteiger partial charge is 0.348 e. The Hall–Kier alpha value is -2.78. The van der Waals surface area contributed by atoms with Crippen molar-refractivity contribution < 1.29 is 9.63 Å². The number of nitrogens with zero attached hydrogens (tertiary/aromatic N) is 7. The summed E-state index contributed by atoms with van der Waals surface area (Å²) in [5.41, 5.74) is 1.19. The van der Waals surface area contributed by atoms with E-state index in [2.05, 4.69) is 26.1 Å². The van der Waals surface area contributed by atoms with Gasteiger partial charge in [-0.25, -0.2) is 10.0 Å². The lowest BCUT2D eigenvalue weighted by atomic mass is 10.1. The number of aliphatic hydroxyl groups is 1. The van der Waals surface area contributed by atoms with E-state index in [0.717, 1.165) is 17.1 Å². The summed E-state index contributed by atoms with van der Waals surface area (Å²) in [6.07, 6.45) is 4.57. The zero-order valence-corrected chi connectivity index (χ0v) is 14.3. The van der Waals surface area contributed by atoms with Crippen molar-refractivity contribution in [1.29, 1.82) is 0 Å². The molecular weight excluding hydrogens is 358 g/mol. The van der Waals surface area contributed by atoms with E-state index in [1.165, 1.54) is 0 Å². The standard InChI is InChI=1S/C16H14ClN7O2/c17-21-7-12-22(9-21)11-4-2-1-3-10(11)13-18-8-23(24(12)13)15-19-14(20-26-15)16(25)5-6-16/h1-4,7-8,13,25H,5-6,9H2. The Morgan fingerprint density at radius 3 is 2.96 bits per heavy atom. The van der Waals surface area contributed by atoms with Crippen LogP contribution in [0, 0.1) is 0 Å². The van der Waals surface area contributed by atoms with Gasteiger partial charge >= 0.3 is 6.01 Å². The van der Waals surface area contributed by atoms with Crippen LogP contribution in [0.25, 0.3) is 0 Å². The van der Waals surface area contributed by atoms with Gasteiger partial charge in [-0.2, -0.15) is 9.99 Å². The normalized spacial score (nSPS) is 24.5. The number of rotatable bonds is 2. The first-order valence-corrected chi connectivity index (χ1v) is 8.67. The van der Waals surface area contributed by atoms with E-state index in [4.69, 9.17) is 16.3 Å². The van der Waals surface area contributed by atoms with E-state index in [9.17, 15) is 5.11 Å². The van der Waals surface area contributed by atoms with Crippen molar-refractivity contribution in [2.24, 2.45) is 4.99 Å². The maximum Gasteiger partial charge on any atom is 0.348 e. The lowest BCUT2D eigenvalue weighted by molar-refractivity contribution is 0.137. The molecule has 0 spiro atoms. The summed E-state index contributed by atoms with van der Waals surface area (Å²) in [7, 11) is 0. The summed E-state index contributed by atoms with van der Waals surface area (Å²) < 4.78 is 7.00. The summed E-state index contributed by atoms with van der Waals surface area (Å²) in [6, 6.07) is 8.36. The molecular formula is C16H14ClN7O2. The van der Waals surface area contributed by atoms with Crippen LogP contribution < -0.4 is 9.91 Å². The molecule has 132 valence electrons. The zero-order valence-electron chi connectivity index (χ0n) is 13.5. The maximum atomic E-state index is 10.2. The fourth-order valence-corrected chi connectivity index (χ4v) is 3.76. The summed E-state index contributed by atoms with van der Waals surface area (Å²) in [5, 5.41) is 17.8. The van der Waals surface area contributed by atoms with E-state index in [-0.39, 0.29) is 12.2 Å². The van der Waals surface area contributed by atoms with Gasteiger partial charge in [0.25, 0.3) is 0 Å². The average Bonchev–Trinajstić information content (AvgIpc) is 3.05. The molecule has 1 saturated carbocycles. The molecule has 0 amide bonds. The predicted molar refractivity (Wildman–Crippen MR) is 92.5 cm³/mol. The molecule has 0 radical (unpaired) electrons. The molecule has 2 aromatic rings. The number of aliphatic imine (C=N–C) groups is 1. The molecule has 26 heavy (non-hydrogen) atoms. The molecule has 6 rings (SSSR count). The second-order valence-corrected chi connectivity index (χ2v) is 7.21. The Bertz CT molecular complexity index is 969. The highest BCUT2D eigenvalue weighted by atomic mass is 35.5. The molecule has 9 nitrogen and oxygen atoms in total. The summed E-state index contributed by atoms with van der Waals surface area (Å²) >= 11 is 6.25. The Morgan fingerprint density at radius 1 is 1.27 bits per heavy atom. The van der Waals surface area contributed by atoms with Crippen molar-refractivity contribution >= 4 is 29.8 Å². The highest BCUT2D eigenvalue weighted by Gasteiger charge is 2.49. The van der Waals surface area contributed by atoms with Crippen molar-refractivity contribution in [3.05, 3.63) is 47.7 Å². The molecule has 4 heterocycles. The number of hydrogen-bond acceptors (Lipinski definition) is 9. The van der Waals surface area contributed by atoms with Gasteiger partial charge in [-0.05, 0) is 18.9 Å². The number of hydrazine groups is 1. The average molecular weight is 372 g/mol. The molecule has 0 saturated heterocycles. The molecule has 1 atom stereocenters. The number of benzene rings is 1. The van der Waals surface area contributed by atoms with Gasteiger partial charge in [-0.3, -0.25) is 4.42 Å². The third kappa shape index (κ3) is 1.81. The second-order valence-electron chi connectivity index (χ2n) is 6.77. The van der Waals surface area contributed by atoms with Crippen LogP contribution in [0.4, 0.5) is 11.7 Å². The van der Waals surface area contributed by atoms with Gasteiger partial charge in [0.2, 0.25) is 5.82 Å². The van der Waals surface area contributed by atoms with Crippen LogP contribution in [0.1, 0.15) is 30.4 Å². The van der Waals surface area contributed by atoms with Crippen LogP contribution in [0.15, 0.2) is 45.8 Å². The van der Waals surface area contributed by atoms with E-state index in [1.54, 1.807) is 15.8 Å². The maximum absolute atomic E-state index is 10.2. The van der Waals surface area contributed by atoms with Crippen molar-refractivity contribution in [3.63, 3.8) is 0 Å². The van der Waals surface area contributed by atoms with Gasteiger partial charge in [0.05, 0.1) is 11.9 Å². The van der Waals surface area contributed by atoms with Gasteiger partial charge in [-0.15, -0.1) is 0 Å². The van der Waals surface area contributed by atoms with Gasteiger partial charge in [-0.1, -0.05) is 23.4 Å². The number of aromatic nitrogens is 2. The molecule has 3 aliphatic heterocycles. The summed E-state index contributed by atoms with van der Waals surface area (Å²) in [4.78, 5) is 11.1. The van der Waals surface area contributed by atoms with Crippen LogP contribution >= 0.6 is 11.8 Å². The third-order valence-corrected chi connectivity index (χ3v) is 5.29. The monoisotopic (exact) mass is 371 g/mol. The van der Waals surface area contributed by atoms with Gasteiger partial charge in [0.1, 0.15) is 24.4 Å². The molecule has 4 aliphatic rings. The lowest BCUT2D eigenvalue weighted by Gasteiger charge is -2.41. The van der Waals surface area contributed by atoms with Crippen molar-refractivity contribution in [1.82, 2.24) is 19.6 Å². The minimum absolute atomic E-state index is 0.240. The minimum Gasteiger partial charge on any atom is -0.382 e. The van der Waals surface area contributed by atoms with Crippen LogP contribution in [-0.4, -0.2) is 37.7 Å². The van der Waals surface area contributed by atoms with Crippen molar-refractivity contribution in [2.45, 2.75) is 24.6 Å². The number of anilines is 2. The first kappa shape index (κ1) is 14.4. The lowest BCUT2D eigenvalue weighted by Crippen LogP contribution is -2.46. The van der Waals surface area contributed by atoms with Crippen molar-refractivity contribution in [3.8, 4) is 0 Å². The van der Waals surface area contributed by atoms with Crippen LogP contribution in [0.2, 0.25) is 0 Å². The van der Waals surface area contributed by atoms with Gasteiger partial charge < -0.3 is 14.5 Å². The Kier molecular flexibility index (Phi) is 2.59. The highest BCUT2D eigenvalue weighted by molar-refractivity contribution is 6.14. The molecule has 1 unspecified atom stereocenters. The van der Waals surface area contributed by atoms with Crippen LogP contribution in [0.3, 0.4) is 0 Å². The Morgan fingerprint density at radius 2 is 2.12 bits per heavy atom. The topological polar surface area (TPSA) is 84.5 Å². The second kappa shape index (κ2) is 4.68. The number of halogens is 1. The van der Waals surface area contributed by atoms with Gasteiger partial charge in [0.15, 0.2) is 6.17 Å². The Labute approximate surface area is 153 Å². The molecule has 1 fully saturated rings. The largest absolute Gasteiger partial charge is 0.382 e. The van der Waals surface area contributed by atoms with Gasteiger partial charge in [0, 0.05) is 17.3 Å². The van der Waals surface area contributed by atoms with Crippen LogP contribution in [-0.2, 0) is 5.60 Å². The number of para-hydroxylation sites is 1. The van der Waals surface area contributed by atoms with Crippen molar-refractivity contribution in [2.75, 3.05) is 16.6 Å². The first-order chi connectivity index (χ1) is 12.6. The SMILES string of the molecule is OC1(c2noc(N3C=NC4c5ccccc5N5CN(Cl)C=C5N43)n2)CC1. The highest BCUT2D eigenvalue weighted by Crippen LogP contribution is 2.48. The third-order valence-electron chi connectivity index (χ3n) is 5.08. The van der Waals surface area contributed by atoms with Crippen LogP contribution in [0.5, 0.6) is 0 Å². The van der Waals surface area contributed by atoms with E-state index in [0.29, 0.717) is 25.3 Å². The fraction of sp³-hybridized carbons (Fsp3) is 0.312.